The predicted octanol–water partition coefficient (Wildman–Crippen LogP) is 2.02. The van der Waals surface area contributed by atoms with Gasteiger partial charge in [-0.25, -0.2) is 0 Å². The molecule has 0 heterocycles. The smallest absolute Gasteiger partial charge is 0.148 e. The van der Waals surface area contributed by atoms with Crippen molar-refractivity contribution in [1.29, 1.82) is 0 Å². The fourth-order valence-electron chi connectivity index (χ4n) is 1.98. The Balaban J connectivity index is 2.05. The standard InChI is InChI=1S/C16H20N2O2/c1-12(2)17-10-14(18-19)11-20-16-9-5-7-13-6-3-4-8-15(13)16/h3-9,12,17,19H,10-11H2,1-2H3/p+1/b18-14+. The van der Waals surface area contributed by atoms with Gasteiger partial charge in [0.25, 0.3) is 0 Å². The zero-order chi connectivity index (χ0) is 14.4. The van der Waals surface area contributed by atoms with Gasteiger partial charge in [0.2, 0.25) is 0 Å². The Kier molecular flexibility index (Phi) is 4.96. The van der Waals surface area contributed by atoms with E-state index >= 15 is 0 Å². The molecule has 0 amide bonds. The molecule has 4 heteroatoms. The van der Waals surface area contributed by atoms with Gasteiger partial charge in [-0.1, -0.05) is 41.6 Å². The molecule has 2 rings (SSSR count). The minimum absolute atomic E-state index is 0.299. The molecule has 0 aromatic heterocycles. The number of quaternary nitrogens is 1. The maximum atomic E-state index is 9.02. The molecule has 0 atom stereocenters. The summed E-state index contributed by atoms with van der Waals surface area (Å²) in [7, 11) is 0. The molecule has 3 N–H and O–H groups in total. The second kappa shape index (κ2) is 6.91. The Morgan fingerprint density at radius 1 is 1.20 bits per heavy atom. The van der Waals surface area contributed by atoms with Gasteiger partial charge in [-0.15, -0.1) is 0 Å². The molecule has 106 valence electrons. The van der Waals surface area contributed by atoms with Crippen molar-refractivity contribution in [2.75, 3.05) is 13.2 Å². The maximum Gasteiger partial charge on any atom is 0.148 e. The average molecular weight is 273 g/mol. The second-order valence-electron chi connectivity index (χ2n) is 5.12. The lowest BCUT2D eigenvalue weighted by Crippen LogP contribution is -2.90. The summed E-state index contributed by atoms with van der Waals surface area (Å²) in [6, 6.07) is 14.5. The topological polar surface area (TPSA) is 58.4 Å². The molecule has 20 heavy (non-hydrogen) atoms. The first kappa shape index (κ1) is 14.3. The van der Waals surface area contributed by atoms with Crippen molar-refractivity contribution >= 4 is 16.5 Å². The van der Waals surface area contributed by atoms with E-state index in [-0.39, 0.29) is 0 Å². The first-order valence-corrected chi connectivity index (χ1v) is 6.84. The van der Waals surface area contributed by atoms with Crippen LogP contribution in [0.1, 0.15) is 13.8 Å². The Bertz CT molecular complexity index is 589. The Morgan fingerprint density at radius 3 is 2.70 bits per heavy atom. The van der Waals surface area contributed by atoms with Gasteiger partial charge in [0.1, 0.15) is 24.6 Å². The lowest BCUT2D eigenvalue weighted by Gasteiger charge is -2.10. The van der Waals surface area contributed by atoms with E-state index in [4.69, 9.17) is 9.94 Å². The fraction of sp³-hybridized carbons (Fsp3) is 0.312. The van der Waals surface area contributed by atoms with Gasteiger partial charge in [-0.05, 0) is 25.3 Å². The molecule has 4 nitrogen and oxygen atoms in total. The predicted molar refractivity (Wildman–Crippen MR) is 80.6 cm³/mol. The Hall–Kier alpha value is -2.07. The van der Waals surface area contributed by atoms with Crippen LogP contribution in [-0.4, -0.2) is 30.1 Å². The highest BCUT2D eigenvalue weighted by atomic mass is 16.5. The van der Waals surface area contributed by atoms with E-state index in [2.05, 4.69) is 36.5 Å². The van der Waals surface area contributed by atoms with Crippen LogP contribution in [0.25, 0.3) is 10.8 Å². The van der Waals surface area contributed by atoms with Crippen LogP contribution in [0.4, 0.5) is 0 Å². The zero-order valence-electron chi connectivity index (χ0n) is 11.9. The summed E-state index contributed by atoms with van der Waals surface area (Å²) < 4.78 is 5.79. The van der Waals surface area contributed by atoms with Gasteiger partial charge >= 0.3 is 0 Å². The van der Waals surface area contributed by atoms with E-state index in [1.54, 1.807) is 0 Å². The van der Waals surface area contributed by atoms with Gasteiger partial charge in [0.15, 0.2) is 0 Å². The molecule has 0 aliphatic rings. The summed E-state index contributed by atoms with van der Waals surface area (Å²) in [6.07, 6.45) is 0. The maximum absolute atomic E-state index is 9.02. The van der Waals surface area contributed by atoms with Crippen LogP contribution >= 0.6 is 0 Å². The SMILES string of the molecule is CC(C)[NH2+]C/C(COc1cccc2ccccc12)=N\O. The van der Waals surface area contributed by atoms with Gasteiger partial charge in [-0.2, -0.15) is 0 Å². The molecule has 0 spiro atoms. The number of ether oxygens (including phenoxy) is 1. The quantitative estimate of drug-likeness (QED) is 0.480. The van der Waals surface area contributed by atoms with Crippen LogP contribution in [0.3, 0.4) is 0 Å². The zero-order valence-corrected chi connectivity index (χ0v) is 11.9. The minimum Gasteiger partial charge on any atom is -0.487 e. The van der Waals surface area contributed by atoms with E-state index in [1.165, 1.54) is 0 Å². The first-order chi connectivity index (χ1) is 9.70. The van der Waals surface area contributed by atoms with Gasteiger partial charge in [0.05, 0.1) is 6.04 Å². The van der Waals surface area contributed by atoms with Crippen LogP contribution in [0.15, 0.2) is 47.6 Å². The largest absolute Gasteiger partial charge is 0.487 e. The number of nitrogens with two attached hydrogens (primary N) is 1. The van der Waals surface area contributed by atoms with Crippen molar-refractivity contribution < 1.29 is 15.3 Å². The molecule has 0 saturated heterocycles. The summed E-state index contributed by atoms with van der Waals surface area (Å²) >= 11 is 0. The number of rotatable bonds is 6. The molecule has 0 aliphatic heterocycles. The molecule has 0 saturated carbocycles. The van der Waals surface area contributed by atoms with E-state index in [9.17, 15) is 0 Å². The molecular formula is C16H21N2O2+. The summed E-state index contributed by atoms with van der Waals surface area (Å²) in [6.45, 7) is 5.13. The van der Waals surface area contributed by atoms with Gasteiger partial charge < -0.3 is 15.3 Å². The van der Waals surface area contributed by atoms with Crippen molar-refractivity contribution in [3.05, 3.63) is 42.5 Å². The van der Waals surface area contributed by atoms with Crippen LogP contribution in [0.2, 0.25) is 0 Å². The van der Waals surface area contributed by atoms with Crippen LogP contribution in [0, 0.1) is 0 Å². The second-order valence-corrected chi connectivity index (χ2v) is 5.12. The highest BCUT2D eigenvalue weighted by molar-refractivity contribution is 5.89. The third kappa shape index (κ3) is 3.71. The molecule has 0 bridgehead atoms. The first-order valence-electron chi connectivity index (χ1n) is 6.84. The van der Waals surface area contributed by atoms with Crippen molar-refractivity contribution in [3.63, 3.8) is 0 Å². The van der Waals surface area contributed by atoms with Crippen LogP contribution in [-0.2, 0) is 0 Å². The third-order valence-electron chi connectivity index (χ3n) is 3.11. The highest BCUT2D eigenvalue weighted by Gasteiger charge is 2.08. The normalized spacial score (nSPS) is 12.1. The molecular weight excluding hydrogens is 252 g/mol. The number of benzene rings is 2. The Labute approximate surface area is 119 Å². The number of oxime groups is 1. The number of hydrogen-bond acceptors (Lipinski definition) is 3. The van der Waals surface area contributed by atoms with Crippen molar-refractivity contribution in [3.8, 4) is 5.75 Å². The number of fused-ring (bicyclic) bond motifs is 1. The fourth-order valence-corrected chi connectivity index (χ4v) is 1.98. The van der Waals surface area contributed by atoms with E-state index < -0.39 is 0 Å². The molecule has 0 radical (unpaired) electrons. The Morgan fingerprint density at radius 2 is 1.95 bits per heavy atom. The number of hydrogen-bond donors (Lipinski definition) is 2. The summed E-state index contributed by atoms with van der Waals surface area (Å²) in [5.41, 5.74) is 0.631. The van der Waals surface area contributed by atoms with E-state index in [0.717, 1.165) is 16.5 Å². The molecule has 2 aromatic carbocycles. The van der Waals surface area contributed by atoms with Crippen molar-refractivity contribution in [2.45, 2.75) is 19.9 Å². The third-order valence-corrected chi connectivity index (χ3v) is 3.11. The van der Waals surface area contributed by atoms with Gasteiger partial charge in [-0.3, -0.25) is 0 Å². The lowest BCUT2D eigenvalue weighted by molar-refractivity contribution is -0.670. The summed E-state index contributed by atoms with van der Waals surface area (Å²) in [4.78, 5) is 0. The van der Waals surface area contributed by atoms with Crippen LogP contribution in [0.5, 0.6) is 5.75 Å². The van der Waals surface area contributed by atoms with Crippen molar-refractivity contribution in [1.82, 2.24) is 0 Å². The highest BCUT2D eigenvalue weighted by Crippen LogP contribution is 2.24. The van der Waals surface area contributed by atoms with Gasteiger partial charge in [0, 0.05) is 5.39 Å². The van der Waals surface area contributed by atoms with Crippen molar-refractivity contribution in [2.24, 2.45) is 5.16 Å². The molecule has 0 aliphatic carbocycles. The lowest BCUT2D eigenvalue weighted by atomic mass is 10.1. The molecule has 0 unspecified atom stereocenters. The number of nitrogens with zero attached hydrogens (tertiary/aromatic N) is 1. The minimum atomic E-state index is 0.299. The van der Waals surface area contributed by atoms with Crippen LogP contribution < -0.4 is 10.1 Å². The van der Waals surface area contributed by atoms with E-state index in [0.29, 0.717) is 24.9 Å². The average Bonchev–Trinajstić information content (AvgIpc) is 2.47. The van der Waals surface area contributed by atoms with E-state index in [1.807, 2.05) is 30.3 Å². The summed E-state index contributed by atoms with van der Waals surface area (Å²) in [5.74, 6) is 0.814. The molecule has 2 aromatic rings. The monoisotopic (exact) mass is 273 g/mol. The molecule has 0 fully saturated rings. The summed E-state index contributed by atoms with van der Waals surface area (Å²) in [5, 5.41) is 16.6.